The second-order valence-corrected chi connectivity index (χ2v) is 6.66. The lowest BCUT2D eigenvalue weighted by molar-refractivity contribution is -0.152. The summed E-state index contributed by atoms with van der Waals surface area (Å²) in [4.78, 5) is 24.0. The van der Waals surface area contributed by atoms with Crippen LogP contribution in [0.15, 0.2) is 18.2 Å². The summed E-state index contributed by atoms with van der Waals surface area (Å²) in [7, 11) is 0. The van der Waals surface area contributed by atoms with Gasteiger partial charge < -0.3 is 10.1 Å². The lowest BCUT2D eigenvalue weighted by atomic mass is 9.86. The zero-order valence-electron chi connectivity index (χ0n) is 14.2. The molecule has 0 fully saturated rings. The average Bonchev–Trinajstić information content (AvgIpc) is 3.06. The third-order valence-electron chi connectivity index (χ3n) is 4.30. The summed E-state index contributed by atoms with van der Waals surface area (Å²) in [5, 5.41) is 7.84. The van der Waals surface area contributed by atoms with Gasteiger partial charge in [0.1, 0.15) is 5.82 Å². The summed E-state index contributed by atoms with van der Waals surface area (Å²) < 4.78 is 56.9. The van der Waals surface area contributed by atoms with Gasteiger partial charge in [0.25, 0.3) is 5.91 Å². The molecule has 1 atom stereocenters. The molecule has 1 unspecified atom stereocenters. The zero-order valence-corrected chi connectivity index (χ0v) is 15.0. The summed E-state index contributed by atoms with van der Waals surface area (Å²) in [6.07, 6.45) is -4.29. The van der Waals surface area contributed by atoms with Gasteiger partial charge in [0.05, 0.1) is 10.9 Å². The number of halogens is 5. The number of benzene rings is 1. The highest BCUT2D eigenvalue weighted by molar-refractivity contribution is 6.31. The van der Waals surface area contributed by atoms with Crippen LogP contribution in [-0.2, 0) is 33.3 Å². The smallest absolute Gasteiger partial charge is 0.435 e. The van der Waals surface area contributed by atoms with Gasteiger partial charge in [-0.1, -0.05) is 11.6 Å². The molecule has 1 aromatic carbocycles. The number of fused-ring (bicyclic) bond motifs is 1. The third kappa shape index (κ3) is 4.44. The van der Waals surface area contributed by atoms with Gasteiger partial charge >= 0.3 is 12.1 Å². The molecule has 0 bridgehead atoms. The molecule has 0 radical (unpaired) electrons. The Bertz CT molecular complexity index is 914. The molecule has 2 N–H and O–H groups in total. The number of carbonyl (C=O) groups excluding carboxylic acids is 2. The number of hydrogen-bond donors (Lipinski definition) is 2. The molecule has 1 aliphatic carbocycles. The summed E-state index contributed by atoms with van der Waals surface area (Å²) >= 11 is 5.60. The van der Waals surface area contributed by atoms with E-state index in [0.717, 1.165) is 6.07 Å². The van der Waals surface area contributed by atoms with Crippen molar-refractivity contribution in [2.45, 2.75) is 25.4 Å². The topological polar surface area (TPSA) is 84.1 Å². The number of H-pyrrole nitrogens is 1. The van der Waals surface area contributed by atoms with Crippen LogP contribution in [0.4, 0.5) is 23.2 Å². The molecule has 0 saturated carbocycles. The second kappa shape index (κ2) is 7.78. The van der Waals surface area contributed by atoms with E-state index in [9.17, 15) is 27.2 Å². The normalized spacial score (nSPS) is 16.4. The molecule has 1 aliphatic rings. The maximum atomic E-state index is 13.1. The van der Waals surface area contributed by atoms with Gasteiger partial charge in [-0.3, -0.25) is 14.7 Å². The fraction of sp³-hybridized carbons (Fsp3) is 0.353. The minimum atomic E-state index is -4.62. The number of hydrogen-bond acceptors (Lipinski definition) is 4. The van der Waals surface area contributed by atoms with Crippen molar-refractivity contribution in [1.29, 1.82) is 0 Å². The van der Waals surface area contributed by atoms with E-state index in [-0.39, 0.29) is 35.5 Å². The van der Waals surface area contributed by atoms with Crippen LogP contribution in [0.3, 0.4) is 0 Å². The summed E-state index contributed by atoms with van der Waals surface area (Å²) in [6, 6.07) is 3.53. The number of amides is 1. The Morgan fingerprint density at radius 1 is 1.36 bits per heavy atom. The van der Waals surface area contributed by atoms with Gasteiger partial charge in [-0.25, -0.2) is 4.39 Å². The highest BCUT2D eigenvalue weighted by Crippen LogP contribution is 2.36. The molecular formula is C17H14ClF4N3O3. The minimum absolute atomic E-state index is 0.0499. The van der Waals surface area contributed by atoms with Crippen molar-refractivity contribution < 1.29 is 31.9 Å². The lowest BCUT2D eigenvalue weighted by Crippen LogP contribution is -2.29. The molecule has 1 aromatic heterocycles. The van der Waals surface area contributed by atoms with Crippen molar-refractivity contribution in [3.8, 4) is 0 Å². The fourth-order valence-corrected chi connectivity index (χ4v) is 3.14. The van der Waals surface area contributed by atoms with Crippen LogP contribution in [0.25, 0.3) is 0 Å². The Hall–Kier alpha value is -2.62. The van der Waals surface area contributed by atoms with Gasteiger partial charge in [-0.2, -0.15) is 18.3 Å². The molecule has 28 heavy (non-hydrogen) atoms. The summed E-state index contributed by atoms with van der Waals surface area (Å²) in [5.41, 5.74) is -0.526. The number of carbonyl (C=O) groups is 2. The number of aromatic amines is 1. The van der Waals surface area contributed by atoms with Gasteiger partial charge in [0.15, 0.2) is 12.3 Å². The van der Waals surface area contributed by atoms with E-state index in [0.29, 0.717) is 5.69 Å². The monoisotopic (exact) mass is 419 g/mol. The van der Waals surface area contributed by atoms with E-state index in [1.165, 1.54) is 12.1 Å². The number of ether oxygens (including phenoxy) is 1. The number of nitrogens with zero attached hydrogens (tertiary/aromatic N) is 1. The van der Waals surface area contributed by atoms with Gasteiger partial charge in [0.2, 0.25) is 0 Å². The van der Waals surface area contributed by atoms with E-state index < -0.39 is 42.1 Å². The van der Waals surface area contributed by atoms with E-state index in [2.05, 4.69) is 15.5 Å². The Labute approximate surface area is 161 Å². The second-order valence-electron chi connectivity index (χ2n) is 6.25. The van der Waals surface area contributed by atoms with Crippen molar-refractivity contribution in [3.05, 3.63) is 46.0 Å². The maximum Gasteiger partial charge on any atom is 0.435 e. The molecule has 0 spiro atoms. The molecular weight excluding hydrogens is 406 g/mol. The van der Waals surface area contributed by atoms with Crippen LogP contribution in [0.1, 0.15) is 23.4 Å². The summed E-state index contributed by atoms with van der Waals surface area (Å²) in [5.74, 6) is -2.92. The first-order valence-corrected chi connectivity index (χ1v) is 8.58. The van der Waals surface area contributed by atoms with E-state index in [1.807, 2.05) is 0 Å². The number of alkyl halides is 3. The van der Waals surface area contributed by atoms with Gasteiger partial charge in [0, 0.05) is 16.9 Å². The highest BCUT2D eigenvalue weighted by atomic mass is 35.5. The minimum Gasteiger partial charge on any atom is -0.455 e. The lowest BCUT2D eigenvalue weighted by Gasteiger charge is -2.21. The Kier molecular flexibility index (Phi) is 5.59. The summed E-state index contributed by atoms with van der Waals surface area (Å²) in [6.45, 7) is -0.630. The SMILES string of the molecule is O=C(COC(=O)C1CCc2[nH]nc(C(F)(F)F)c2C1)Nc1ccc(F)c(Cl)c1. The van der Waals surface area contributed by atoms with Crippen LogP contribution in [0.2, 0.25) is 5.02 Å². The standard InChI is InChI=1S/C17H14ClF4N3O3/c18-11-6-9(2-3-12(11)19)23-14(26)7-28-16(27)8-1-4-13-10(5-8)15(25-24-13)17(20,21)22/h2-3,6,8H,1,4-5,7H2,(H,23,26)(H,24,25). The molecule has 150 valence electrons. The van der Waals surface area contributed by atoms with E-state index in [1.54, 1.807) is 0 Å². The predicted octanol–water partition coefficient (Wildman–Crippen LogP) is 3.51. The first-order valence-electron chi connectivity index (χ1n) is 8.20. The third-order valence-corrected chi connectivity index (χ3v) is 4.59. The number of esters is 1. The van der Waals surface area contributed by atoms with Crippen LogP contribution in [-0.4, -0.2) is 28.7 Å². The van der Waals surface area contributed by atoms with E-state index in [4.69, 9.17) is 16.3 Å². The first kappa shape index (κ1) is 20.1. The van der Waals surface area contributed by atoms with Crippen molar-refractivity contribution in [2.24, 2.45) is 5.92 Å². The van der Waals surface area contributed by atoms with Crippen LogP contribution in [0.5, 0.6) is 0 Å². The molecule has 0 saturated heterocycles. The predicted molar refractivity (Wildman–Crippen MR) is 90.1 cm³/mol. The van der Waals surface area contributed by atoms with Crippen molar-refractivity contribution in [2.75, 3.05) is 11.9 Å². The Morgan fingerprint density at radius 2 is 2.11 bits per heavy atom. The van der Waals surface area contributed by atoms with Crippen molar-refractivity contribution >= 4 is 29.2 Å². The van der Waals surface area contributed by atoms with Crippen molar-refractivity contribution in [1.82, 2.24) is 10.2 Å². The molecule has 1 amide bonds. The number of nitrogens with one attached hydrogen (secondary N) is 2. The molecule has 1 heterocycles. The molecule has 3 rings (SSSR count). The number of anilines is 1. The molecule has 0 aliphatic heterocycles. The maximum absolute atomic E-state index is 13.1. The molecule has 6 nitrogen and oxygen atoms in total. The van der Waals surface area contributed by atoms with Crippen molar-refractivity contribution in [3.63, 3.8) is 0 Å². The van der Waals surface area contributed by atoms with Crippen LogP contribution >= 0.6 is 11.6 Å². The Balaban J connectivity index is 1.56. The van der Waals surface area contributed by atoms with Crippen LogP contribution < -0.4 is 5.32 Å². The first-order chi connectivity index (χ1) is 13.1. The molecule has 11 heteroatoms. The largest absolute Gasteiger partial charge is 0.455 e. The quantitative estimate of drug-likeness (QED) is 0.587. The number of rotatable bonds is 4. The number of aryl methyl sites for hydroxylation is 1. The fourth-order valence-electron chi connectivity index (χ4n) is 2.96. The van der Waals surface area contributed by atoms with Crippen LogP contribution in [0, 0.1) is 11.7 Å². The molecule has 2 aromatic rings. The number of aromatic nitrogens is 2. The zero-order chi connectivity index (χ0) is 20.5. The van der Waals surface area contributed by atoms with Gasteiger partial charge in [-0.05, 0) is 37.5 Å². The van der Waals surface area contributed by atoms with E-state index >= 15 is 0 Å². The van der Waals surface area contributed by atoms with Gasteiger partial charge in [-0.15, -0.1) is 0 Å². The Morgan fingerprint density at radius 3 is 2.79 bits per heavy atom. The average molecular weight is 420 g/mol. The highest BCUT2D eigenvalue weighted by Gasteiger charge is 2.40.